The number of pyridine rings is 1. The number of aromatic nitrogens is 1. The summed E-state index contributed by atoms with van der Waals surface area (Å²) in [5.41, 5.74) is 3.94. The van der Waals surface area contributed by atoms with Gasteiger partial charge in [0, 0.05) is 0 Å². The maximum atomic E-state index is 6.14. The van der Waals surface area contributed by atoms with Crippen LogP contribution in [0.15, 0.2) is 73.3 Å². The smallest absolute Gasteiger partial charge is 0.130 e. The van der Waals surface area contributed by atoms with Crippen LogP contribution in [0.2, 0.25) is 5.15 Å². The minimum Gasteiger partial charge on any atom is -0.236 e. The number of nitrogens with zero attached hydrogens (tertiary/aromatic N) is 1. The third-order valence-electron chi connectivity index (χ3n) is 2.89. The number of rotatable bonds is 4. The molecule has 0 saturated heterocycles. The third-order valence-corrected chi connectivity index (χ3v) is 3.08. The zero-order valence-corrected chi connectivity index (χ0v) is 12.1. The molecule has 100 valence electrons. The van der Waals surface area contributed by atoms with Gasteiger partial charge in [-0.25, -0.2) is 4.98 Å². The Morgan fingerprint density at radius 1 is 1.15 bits per heavy atom. The van der Waals surface area contributed by atoms with Crippen molar-refractivity contribution in [3.05, 3.63) is 84.2 Å². The SMILES string of the molecule is C=C/C(=C\C=C/C)c1cc(-c2ccccc2)cc(Cl)n1. The lowest BCUT2D eigenvalue weighted by atomic mass is 10.0. The monoisotopic (exact) mass is 281 g/mol. The van der Waals surface area contributed by atoms with Crippen molar-refractivity contribution in [2.75, 3.05) is 0 Å². The molecule has 2 heteroatoms. The molecule has 2 aromatic rings. The normalized spacial score (nSPS) is 11.8. The molecule has 0 atom stereocenters. The molecule has 0 fully saturated rings. The van der Waals surface area contributed by atoms with Crippen LogP contribution >= 0.6 is 11.6 Å². The fourth-order valence-corrected chi connectivity index (χ4v) is 2.11. The van der Waals surface area contributed by atoms with Crippen LogP contribution in [-0.4, -0.2) is 4.98 Å². The number of benzene rings is 1. The van der Waals surface area contributed by atoms with Crippen molar-refractivity contribution in [1.29, 1.82) is 0 Å². The van der Waals surface area contributed by atoms with E-state index < -0.39 is 0 Å². The summed E-state index contributed by atoms with van der Waals surface area (Å²) < 4.78 is 0. The summed E-state index contributed by atoms with van der Waals surface area (Å²) in [6, 6.07) is 14.0. The molecule has 1 heterocycles. The molecule has 0 amide bonds. The number of halogens is 1. The summed E-state index contributed by atoms with van der Waals surface area (Å²) >= 11 is 6.14. The van der Waals surface area contributed by atoms with Gasteiger partial charge in [-0.05, 0) is 35.8 Å². The van der Waals surface area contributed by atoms with Gasteiger partial charge in [-0.3, -0.25) is 0 Å². The van der Waals surface area contributed by atoms with Gasteiger partial charge >= 0.3 is 0 Å². The van der Waals surface area contributed by atoms with E-state index in [1.807, 2.05) is 55.5 Å². The molecule has 0 aliphatic carbocycles. The molecule has 0 radical (unpaired) electrons. The van der Waals surface area contributed by atoms with E-state index in [2.05, 4.69) is 23.7 Å². The highest BCUT2D eigenvalue weighted by Gasteiger charge is 2.05. The van der Waals surface area contributed by atoms with E-state index in [1.54, 1.807) is 6.08 Å². The Morgan fingerprint density at radius 3 is 2.55 bits per heavy atom. The molecule has 1 aromatic carbocycles. The first kappa shape index (κ1) is 14.3. The molecule has 0 saturated carbocycles. The van der Waals surface area contributed by atoms with Crippen LogP contribution in [-0.2, 0) is 0 Å². The fourth-order valence-electron chi connectivity index (χ4n) is 1.90. The predicted molar refractivity (Wildman–Crippen MR) is 87.7 cm³/mol. The molecular formula is C18H16ClN. The second kappa shape index (κ2) is 6.88. The standard InChI is InChI=1S/C18H16ClN/c1-3-5-9-14(4-2)17-12-16(13-18(19)20-17)15-10-7-6-8-11-15/h3-13H,2H2,1H3/b5-3-,14-9+. The van der Waals surface area contributed by atoms with Gasteiger partial charge in [-0.15, -0.1) is 0 Å². The van der Waals surface area contributed by atoms with Crippen LogP contribution in [0, 0.1) is 0 Å². The van der Waals surface area contributed by atoms with Gasteiger partial charge in [0.05, 0.1) is 5.69 Å². The van der Waals surface area contributed by atoms with E-state index in [0.717, 1.165) is 22.4 Å². The first-order chi connectivity index (χ1) is 9.74. The first-order valence-corrected chi connectivity index (χ1v) is 6.81. The molecule has 1 aromatic heterocycles. The minimum absolute atomic E-state index is 0.481. The summed E-state index contributed by atoms with van der Waals surface area (Å²) in [5.74, 6) is 0. The quantitative estimate of drug-likeness (QED) is 0.529. The van der Waals surface area contributed by atoms with E-state index in [-0.39, 0.29) is 0 Å². The topological polar surface area (TPSA) is 12.9 Å². The second-order valence-corrected chi connectivity index (χ2v) is 4.67. The van der Waals surface area contributed by atoms with Gasteiger partial charge in [0.25, 0.3) is 0 Å². The lowest BCUT2D eigenvalue weighted by molar-refractivity contribution is 1.28. The minimum atomic E-state index is 0.481. The van der Waals surface area contributed by atoms with Crippen LogP contribution < -0.4 is 0 Å². The highest BCUT2D eigenvalue weighted by atomic mass is 35.5. The van der Waals surface area contributed by atoms with Gasteiger partial charge < -0.3 is 0 Å². The van der Waals surface area contributed by atoms with E-state index in [9.17, 15) is 0 Å². The summed E-state index contributed by atoms with van der Waals surface area (Å²) in [5, 5.41) is 0.481. The van der Waals surface area contributed by atoms with Crippen molar-refractivity contribution in [3.63, 3.8) is 0 Å². The van der Waals surface area contributed by atoms with Gasteiger partial charge in [0.15, 0.2) is 0 Å². The van der Waals surface area contributed by atoms with Crippen LogP contribution in [0.25, 0.3) is 16.7 Å². The molecule has 2 rings (SSSR count). The Morgan fingerprint density at radius 2 is 1.90 bits per heavy atom. The number of hydrogen-bond acceptors (Lipinski definition) is 1. The number of allylic oxidation sites excluding steroid dienone is 5. The third kappa shape index (κ3) is 3.46. The Bertz CT molecular complexity index is 654. The van der Waals surface area contributed by atoms with Crippen molar-refractivity contribution in [2.45, 2.75) is 6.92 Å². The molecule has 0 spiro atoms. The zero-order chi connectivity index (χ0) is 14.4. The molecular weight excluding hydrogens is 266 g/mol. The Labute approximate surface area is 124 Å². The van der Waals surface area contributed by atoms with Gasteiger partial charge in [-0.1, -0.05) is 72.8 Å². The molecule has 0 unspecified atom stereocenters. The highest BCUT2D eigenvalue weighted by molar-refractivity contribution is 6.29. The largest absolute Gasteiger partial charge is 0.236 e. The lowest BCUT2D eigenvalue weighted by Gasteiger charge is -2.07. The Hall–Kier alpha value is -2.12. The van der Waals surface area contributed by atoms with E-state index >= 15 is 0 Å². The Balaban J connectivity index is 2.51. The van der Waals surface area contributed by atoms with Crippen LogP contribution in [0.5, 0.6) is 0 Å². The van der Waals surface area contributed by atoms with Crippen LogP contribution in [0.1, 0.15) is 12.6 Å². The molecule has 0 aliphatic heterocycles. The summed E-state index contributed by atoms with van der Waals surface area (Å²) in [7, 11) is 0. The van der Waals surface area contributed by atoms with Crippen molar-refractivity contribution in [3.8, 4) is 11.1 Å². The second-order valence-electron chi connectivity index (χ2n) is 4.28. The molecule has 0 N–H and O–H groups in total. The predicted octanol–water partition coefficient (Wildman–Crippen LogP) is 5.55. The van der Waals surface area contributed by atoms with E-state index in [4.69, 9.17) is 11.6 Å². The fraction of sp³-hybridized carbons (Fsp3) is 0.0556. The summed E-state index contributed by atoms with van der Waals surface area (Å²) in [6.45, 7) is 5.81. The number of hydrogen-bond donors (Lipinski definition) is 0. The van der Waals surface area contributed by atoms with Gasteiger partial charge in [0.2, 0.25) is 0 Å². The average Bonchev–Trinajstić information content (AvgIpc) is 2.48. The summed E-state index contributed by atoms with van der Waals surface area (Å²) in [6.07, 6.45) is 7.68. The van der Waals surface area contributed by atoms with E-state index in [0.29, 0.717) is 5.15 Å². The lowest BCUT2D eigenvalue weighted by Crippen LogP contribution is -1.90. The van der Waals surface area contributed by atoms with Crippen molar-refractivity contribution < 1.29 is 0 Å². The van der Waals surface area contributed by atoms with Crippen molar-refractivity contribution >= 4 is 17.2 Å². The molecule has 0 bridgehead atoms. The summed E-state index contributed by atoms with van der Waals surface area (Å²) in [4.78, 5) is 4.38. The average molecular weight is 282 g/mol. The van der Waals surface area contributed by atoms with Crippen molar-refractivity contribution in [2.24, 2.45) is 0 Å². The molecule has 1 nitrogen and oxygen atoms in total. The molecule has 20 heavy (non-hydrogen) atoms. The van der Waals surface area contributed by atoms with E-state index in [1.165, 1.54) is 0 Å². The van der Waals surface area contributed by atoms with Gasteiger partial charge in [-0.2, -0.15) is 0 Å². The van der Waals surface area contributed by atoms with Crippen LogP contribution in [0.3, 0.4) is 0 Å². The van der Waals surface area contributed by atoms with Crippen LogP contribution in [0.4, 0.5) is 0 Å². The van der Waals surface area contributed by atoms with Gasteiger partial charge in [0.1, 0.15) is 5.15 Å². The molecule has 0 aliphatic rings. The maximum Gasteiger partial charge on any atom is 0.130 e. The zero-order valence-electron chi connectivity index (χ0n) is 11.4. The first-order valence-electron chi connectivity index (χ1n) is 6.43. The maximum absolute atomic E-state index is 6.14. The highest BCUT2D eigenvalue weighted by Crippen LogP contribution is 2.26. The Kier molecular flexibility index (Phi) is 4.91. The van der Waals surface area contributed by atoms with Crippen molar-refractivity contribution in [1.82, 2.24) is 4.98 Å².